The average molecular weight is 610 g/mol. The van der Waals surface area contributed by atoms with Crippen molar-refractivity contribution in [2.75, 3.05) is 33.1 Å². The summed E-state index contributed by atoms with van der Waals surface area (Å²) in [5, 5.41) is 0. The average Bonchev–Trinajstić information content (AvgIpc) is 3.53. The van der Waals surface area contributed by atoms with Gasteiger partial charge in [0.05, 0.1) is 43.8 Å². The van der Waals surface area contributed by atoms with E-state index in [1.165, 1.54) is 18.7 Å². The molecule has 0 bridgehead atoms. The number of amides is 1. The van der Waals surface area contributed by atoms with Crippen molar-refractivity contribution in [1.82, 2.24) is 9.88 Å². The first-order valence-corrected chi connectivity index (χ1v) is 14.2. The van der Waals surface area contributed by atoms with Crippen LogP contribution in [0.25, 0.3) is 0 Å². The third-order valence-corrected chi connectivity index (χ3v) is 7.89. The number of hydrogen-bond acceptors (Lipinski definition) is 7. The maximum atomic E-state index is 13.6. The van der Waals surface area contributed by atoms with Crippen molar-refractivity contribution in [2.45, 2.75) is 44.8 Å². The zero-order valence-electron chi connectivity index (χ0n) is 24.7. The minimum atomic E-state index is -4.48. The van der Waals surface area contributed by atoms with E-state index in [1.807, 2.05) is 24.3 Å². The van der Waals surface area contributed by atoms with E-state index in [9.17, 15) is 18.0 Å². The Labute approximate surface area is 253 Å². The maximum Gasteiger partial charge on any atom is 0.416 e. The van der Waals surface area contributed by atoms with E-state index < -0.39 is 17.8 Å². The number of nitrogens with two attached hydrogens (primary N) is 1. The first-order chi connectivity index (χ1) is 21.1. The molecule has 0 saturated carbocycles. The molecule has 2 N–H and O–H groups in total. The quantitative estimate of drug-likeness (QED) is 0.210. The minimum Gasteiger partial charge on any atom is -0.495 e. The smallest absolute Gasteiger partial charge is 0.416 e. The van der Waals surface area contributed by atoms with Crippen LogP contribution in [-0.2, 0) is 30.2 Å². The molecule has 2 heterocycles. The Morgan fingerprint density at radius 2 is 1.82 bits per heavy atom. The summed E-state index contributed by atoms with van der Waals surface area (Å²) in [6, 6.07) is 12.3. The number of hydrogen-bond donors (Lipinski definition) is 1. The first kappa shape index (κ1) is 30.8. The van der Waals surface area contributed by atoms with Crippen molar-refractivity contribution in [2.24, 2.45) is 0 Å². The van der Waals surface area contributed by atoms with Gasteiger partial charge in [0.1, 0.15) is 12.0 Å². The van der Waals surface area contributed by atoms with Gasteiger partial charge in [-0.3, -0.25) is 4.79 Å². The number of rotatable bonds is 10. The van der Waals surface area contributed by atoms with Crippen LogP contribution in [0.3, 0.4) is 0 Å². The normalized spacial score (nSPS) is 14.7. The molecular formula is C33H34F3N3O5. The SMILES string of the molecule is COc1cc(CCOc2cc3c(cc2OC)CCN(C(=O)CCc2cocn2)C3c2ccc(C(F)(F)F)cc2C)ccc1N. The minimum absolute atomic E-state index is 0.140. The van der Waals surface area contributed by atoms with Crippen molar-refractivity contribution in [1.29, 1.82) is 0 Å². The fourth-order valence-electron chi connectivity index (χ4n) is 5.59. The summed E-state index contributed by atoms with van der Waals surface area (Å²) in [5.74, 6) is 1.45. The second-order valence-electron chi connectivity index (χ2n) is 10.7. The number of oxazole rings is 1. The van der Waals surface area contributed by atoms with Gasteiger partial charge in [-0.2, -0.15) is 13.2 Å². The van der Waals surface area contributed by atoms with E-state index in [0.29, 0.717) is 72.2 Å². The molecule has 0 fully saturated rings. The number of carbonyl (C=O) groups excluding carboxylic acids is 1. The number of halogens is 3. The number of benzene rings is 3. The Morgan fingerprint density at radius 1 is 1.02 bits per heavy atom. The lowest BCUT2D eigenvalue weighted by atomic mass is 9.85. The molecule has 4 aromatic rings. The molecule has 11 heteroatoms. The molecule has 3 aromatic carbocycles. The van der Waals surface area contributed by atoms with Gasteiger partial charge >= 0.3 is 6.18 Å². The van der Waals surface area contributed by atoms with Gasteiger partial charge in [0.2, 0.25) is 5.91 Å². The zero-order valence-corrected chi connectivity index (χ0v) is 24.7. The van der Waals surface area contributed by atoms with Crippen molar-refractivity contribution in [3.63, 3.8) is 0 Å². The molecule has 1 aliphatic rings. The summed E-state index contributed by atoms with van der Waals surface area (Å²) in [7, 11) is 3.11. The number of aryl methyl sites for hydroxylation is 2. The second kappa shape index (κ2) is 12.9. The van der Waals surface area contributed by atoms with Gasteiger partial charge in [0.15, 0.2) is 17.9 Å². The Morgan fingerprint density at radius 3 is 2.50 bits per heavy atom. The van der Waals surface area contributed by atoms with E-state index in [-0.39, 0.29) is 12.3 Å². The molecule has 0 aliphatic carbocycles. The Bertz CT molecular complexity index is 1620. The molecule has 1 aliphatic heterocycles. The first-order valence-electron chi connectivity index (χ1n) is 14.2. The molecule has 0 radical (unpaired) electrons. The standard InChI is InChI=1S/C33H34F3N3O5/c1-20-14-23(33(34,35)36)5-7-25(20)32-26-17-30(44-13-11-21-4-8-27(37)28(15-21)41-2)29(42-3)16-22(26)10-12-39(32)31(40)9-6-24-18-43-19-38-24/h4-5,7-8,14-19,32H,6,9-13,37H2,1-3H3. The van der Waals surface area contributed by atoms with Gasteiger partial charge in [0.25, 0.3) is 0 Å². The van der Waals surface area contributed by atoms with Gasteiger partial charge in [-0.25, -0.2) is 4.98 Å². The third-order valence-electron chi connectivity index (χ3n) is 7.89. The molecule has 5 rings (SSSR count). The number of alkyl halides is 3. The van der Waals surface area contributed by atoms with Crippen LogP contribution in [0.15, 0.2) is 65.6 Å². The Hall–Kier alpha value is -4.67. The summed E-state index contributed by atoms with van der Waals surface area (Å²) in [4.78, 5) is 19.5. The fourth-order valence-corrected chi connectivity index (χ4v) is 5.59. The van der Waals surface area contributed by atoms with Crippen LogP contribution in [0, 0.1) is 6.92 Å². The lowest BCUT2D eigenvalue weighted by Gasteiger charge is -2.39. The van der Waals surface area contributed by atoms with Gasteiger partial charge in [-0.1, -0.05) is 12.1 Å². The monoisotopic (exact) mass is 609 g/mol. The van der Waals surface area contributed by atoms with Crippen LogP contribution < -0.4 is 19.9 Å². The Balaban J connectivity index is 1.48. The van der Waals surface area contributed by atoms with Crippen LogP contribution in [-0.4, -0.2) is 43.2 Å². The van der Waals surface area contributed by atoms with Crippen molar-refractivity contribution in [3.8, 4) is 17.2 Å². The summed E-state index contributed by atoms with van der Waals surface area (Å²) in [6.07, 6.45) is -0.0265. The molecule has 1 aromatic heterocycles. The molecule has 1 atom stereocenters. The predicted molar refractivity (Wildman–Crippen MR) is 158 cm³/mol. The summed E-state index contributed by atoms with van der Waals surface area (Å²) in [5.41, 5.74) is 10.1. The highest BCUT2D eigenvalue weighted by Gasteiger charge is 2.36. The van der Waals surface area contributed by atoms with Crippen molar-refractivity contribution < 1.29 is 36.6 Å². The van der Waals surface area contributed by atoms with Gasteiger partial charge in [0, 0.05) is 25.8 Å². The molecule has 1 unspecified atom stereocenters. The van der Waals surface area contributed by atoms with Crippen molar-refractivity contribution >= 4 is 11.6 Å². The summed E-state index contributed by atoms with van der Waals surface area (Å²) < 4.78 is 62.8. The molecule has 44 heavy (non-hydrogen) atoms. The van der Waals surface area contributed by atoms with Crippen LogP contribution >= 0.6 is 0 Å². The zero-order chi connectivity index (χ0) is 31.4. The van der Waals surface area contributed by atoms with Gasteiger partial charge in [-0.15, -0.1) is 0 Å². The lowest BCUT2D eigenvalue weighted by molar-refractivity contribution is -0.138. The number of anilines is 1. The highest BCUT2D eigenvalue weighted by atomic mass is 19.4. The number of carbonyl (C=O) groups is 1. The molecule has 1 amide bonds. The maximum absolute atomic E-state index is 13.6. The van der Waals surface area contributed by atoms with E-state index >= 15 is 0 Å². The number of ether oxygens (including phenoxy) is 3. The number of nitrogens with zero attached hydrogens (tertiary/aromatic N) is 2. The van der Waals surface area contributed by atoms with E-state index in [0.717, 1.165) is 28.8 Å². The molecule has 8 nitrogen and oxygen atoms in total. The van der Waals surface area contributed by atoms with Crippen molar-refractivity contribution in [3.05, 3.63) is 100 Å². The largest absolute Gasteiger partial charge is 0.495 e. The van der Waals surface area contributed by atoms with E-state index in [1.54, 1.807) is 32.1 Å². The van der Waals surface area contributed by atoms with Crippen LogP contribution in [0.5, 0.6) is 17.2 Å². The molecule has 232 valence electrons. The number of nitrogen functional groups attached to an aromatic ring is 1. The molecule has 0 spiro atoms. The van der Waals surface area contributed by atoms with Crippen LogP contribution in [0.2, 0.25) is 0 Å². The second-order valence-corrected chi connectivity index (χ2v) is 10.7. The highest BCUT2D eigenvalue weighted by molar-refractivity contribution is 5.78. The van der Waals surface area contributed by atoms with E-state index in [2.05, 4.69) is 4.98 Å². The highest BCUT2D eigenvalue weighted by Crippen LogP contribution is 2.43. The van der Waals surface area contributed by atoms with Crippen LogP contribution in [0.4, 0.5) is 18.9 Å². The van der Waals surface area contributed by atoms with Gasteiger partial charge < -0.3 is 29.3 Å². The molecular weight excluding hydrogens is 575 g/mol. The summed E-state index contributed by atoms with van der Waals surface area (Å²) in [6.45, 7) is 2.34. The number of fused-ring (bicyclic) bond motifs is 1. The lowest BCUT2D eigenvalue weighted by Crippen LogP contribution is -2.41. The summed E-state index contributed by atoms with van der Waals surface area (Å²) >= 11 is 0. The predicted octanol–water partition coefficient (Wildman–Crippen LogP) is 6.33. The van der Waals surface area contributed by atoms with Crippen LogP contribution in [0.1, 0.15) is 51.5 Å². The van der Waals surface area contributed by atoms with E-state index in [4.69, 9.17) is 24.4 Å². The molecule has 0 saturated heterocycles. The third kappa shape index (κ3) is 6.61. The number of methoxy groups -OCH3 is 2. The Kier molecular flexibility index (Phi) is 9.03. The fraction of sp³-hybridized carbons (Fsp3) is 0.333. The number of aromatic nitrogens is 1. The van der Waals surface area contributed by atoms with Gasteiger partial charge in [-0.05, 0) is 77.6 Å². The topological polar surface area (TPSA) is 100 Å².